The maximum atomic E-state index is 13.1. The highest BCUT2D eigenvalue weighted by atomic mass is 32.2. The van der Waals surface area contributed by atoms with Crippen molar-refractivity contribution >= 4 is 28.6 Å². The third-order valence-corrected chi connectivity index (χ3v) is 4.87. The number of para-hydroxylation sites is 1. The van der Waals surface area contributed by atoms with E-state index in [-0.39, 0.29) is 11.3 Å². The summed E-state index contributed by atoms with van der Waals surface area (Å²) >= 11 is 1.17. The van der Waals surface area contributed by atoms with E-state index >= 15 is 0 Å². The number of rotatable bonds is 4. The summed E-state index contributed by atoms with van der Waals surface area (Å²) in [6, 6.07) is 13.0. The highest BCUT2D eigenvalue weighted by Crippen LogP contribution is 2.24. The van der Waals surface area contributed by atoms with Crippen LogP contribution in [0.1, 0.15) is 11.1 Å². The number of nitrogens with two attached hydrogens (primary N) is 1. The zero-order valence-corrected chi connectivity index (χ0v) is 14.3. The second kappa shape index (κ2) is 6.49. The van der Waals surface area contributed by atoms with Gasteiger partial charge in [0, 0.05) is 0 Å². The largest absolute Gasteiger partial charge is 0.369 e. The molecule has 0 aliphatic carbocycles. The van der Waals surface area contributed by atoms with Crippen LogP contribution in [0.25, 0.3) is 16.6 Å². The van der Waals surface area contributed by atoms with E-state index in [1.807, 2.05) is 44.2 Å². The number of nitrogens with zero attached hydrogens (tertiary/aromatic N) is 2. The first-order valence-electron chi connectivity index (χ1n) is 7.48. The number of carbonyl (C=O) groups excluding carboxylic acids is 1. The lowest BCUT2D eigenvalue weighted by Gasteiger charge is -2.15. The minimum absolute atomic E-state index is 0.0651. The number of thioether (sulfide) groups is 1. The average Bonchev–Trinajstić information content (AvgIpc) is 2.56. The predicted molar refractivity (Wildman–Crippen MR) is 96.7 cm³/mol. The van der Waals surface area contributed by atoms with Gasteiger partial charge in [0.2, 0.25) is 5.91 Å². The van der Waals surface area contributed by atoms with E-state index in [0.717, 1.165) is 16.8 Å². The SMILES string of the molecule is Cc1cccc(-n2c(SCC(N)=O)nc3ccccc3c2=O)c1C. The molecule has 3 aromatic rings. The topological polar surface area (TPSA) is 78.0 Å². The van der Waals surface area contributed by atoms with Gasteiger partial charge in [-0.25, -0.2) is 4.98 Å². The second-order valence-electron chi connectivity index (χ2n) is 5.53. The molecule has 2 aromatic carbocycles. The lowest BCUT2D eigenvalue weighted by atomic mass is 10.1. The number of hydrogen-bond donors (Lipinski definition) is 1. The minimum atomic E-state index is -0.449. The Hall–Kier alpha value is -2.60. The summed E-state index contributed by atoms with van der Waals surface area (Å²) in [6.45, 7) is 3.96. The van der Waals surface area contributed by atoms with E-state index in [0.29, 0.717) is 16.1 Å². The lowest BCUT2D eigenvalue weighted by molar-refractivity contribution is -0.115. The Bertz CT molecular complexity index is 995. The third kappa shape index (κ3) is 2.92. The fraction of sp³-hybridized carbons (Fsp3) is 0.167. The zero-order valence-electron chi connectivity index (χ0n) is 13.4. The van der Waals surface area contributed by atoms with Crippen molar-refractivity contribution in [3.8, 4) is 5.69 Å². The molecule has 1 aromatic heterocycles. The van der Waals surface area contributed by atoms with Gasteiger partial charge in [-0.3, -0.25) is 14.2 Å². The molecule has 122 valence electrons. The molecule has 0 aliphatic rings. The molecule has 0 bridgehead atoms. The van der Waals surface area contributed by atoms with Crippen LogP contribution in [-0.2, 0) is 4.79 Å². The molecular formula is C18H17N3O2S. The predicted octanol–water partition coefficient (Wildman–Crippen LogP) is 2.58. The molecule has 1 heterocycles. The third-order valence-electron chi connectivity index (χ3n) is 3.91. The molecule has 0 spiro atoms. The molecule has 0 saturated carbocycles. The van der Waals surface area contributed by atoms with Crippen LogP contribution in [0.4, 0.5) is 0 Å². The number of benzene rings is 2. The number of aromatic nitrogens is 2. The summed E-state index contributed by atoms with van der Waals surface area (Å²) in [7, 11) is 0. The lowest BCUT2D eigenvalue weighted by Crippen LogP contribution is -2.23. The summed E-state index contributed by atoms with van der Waals surface area (Å²) in [5, 5.41) is 1.01. The van der Waals surface area contributed by atoms with E-state index in [4.69, 9.17) is 5.73 Å². The van der Waals surface area contributed by atoms with Crippen LogP contribution in [-0.4, -0.2) is 21.2 Å². The number of hydrogen-bond acceptors (Lipinski definition) is 4. The number of aryl methyl sites for hydroxylation is 1. The highest BCUT2D eigenvalue weighted by Gasteiger charge is 2.15. The molecule has 6 heteroatoms. The molecule has 1 amide bonds. The van der Waals surface area contributed by atoms with Crippen LogP contribution < -0.4 is 11.3 Å². The molecule has 5 nitrogen and oxygen atoms in total. The molecule has 0 aliphatic heterocycles. The second-order valence-corrected chi connectivity index (χ2v) is 6.47. The Morgan fingerprint density at radius 1 is 1.17 bits per heavy atom. The Morgan fingerprint density at radius 3 is 2.67 bits per heavy atom. The fourth-order valence-corrected chi connectivity index (χ4v) is 3.28. The van der Waals surface area contributed by atoms with Crippen molar-refractivity contribution in [1.29, 1.82) is 0 Å². The standard InChI is InChI=1S/C18H17N3O2S/c1-11-6-5-9-15(12(11)2)21-17(23)13-7-3-4-8-14(13)20-18(21)24-10-16(19)22/h3-9H,10H2,1-2H3,(H2,19,22). The molecule has 0 atom stereocenters. The van der Waals surface area contributed by atoms with Crippen molar-refractivity contribution in [3.63, 3.8) is 0 Å². The monoisotopic (exact) mass is 339 g/mol. The summed E-state index contributed by atoms with van der Waals surface area (Å²) in [5.41, 5.74) is 8.56. The van der Waals surface area contributed by atoms with Crippen LogP contribution in [0.15, 0.2) is 52.4 Å². The summed E-state index contributed by atoms with van der Waals surface area (Å²) in [5.74, 6) is -0.384. The first-order valence-corrected chi connectivity index (χ1v) is 8.47. The van der Waals surface area contributed by atoms with E-state index < -0.39 is 5.91 Å². The van der Waals surface area contributed by atoms with Gasteiger partial charge in [0.25, 0.3) is 5.56 Å². The number of amides is 1. The Kier molecular flexibility index (Phi) is 4.40. The Morgan fingerprint density at radius 2 is 1.92 bits per heavy atom. The molecule has 0 unspecified atom stereocenters. The van der Waals surface area contributed by atoms with Crippen LogP contribution in [0.3, 0.4) is 0 Å². The van der Waals surface area contributed by atoms with Gasteiger partial charge in [-0.2, -0.15) is 0 Å². The van der Waals surface area contributed by atoms with Gasteiger partial charge in [-0.15, -0.1) is 0 Å². The van der Waals surface area contributed by atoms with E-state index in [1.54, 1.807) is 16.7 Å². The maximum absolute atomic E-state index is 13.1. The van der Waals surface area contributed by atoms with Crippen LogP contribution >= 0.6 is 11.8 Å². The van der Waals surface area contributed by atoms with Crippen molar-refractivity contribution in [2.24, 2.45) is 5.73 Å². The van der Waals surface area contributed by atoms with Gasteiger partial charge < -0.3 is 5.73 Å². The smallest absolute Gasteiger partial charge is 0.266 e. The summed E-state index contributed by atoms with van der Waals surface area (Å²) in [4.78, 5) is 28.8. The van der Waals surface area contributed by atoms with Crippen molar-refractivity contribution < 1.29 is 4.79 Å². The van der Waals surface area contributed by atoms with E-state index in [1.165, 1.54) is 11.8 Å². The molecule has 0 fully saturated rings. The first-order chi connectivity index (χ1) is 11.5. The molecular weight excluding hydrogens is 322 g/mol. The highest BCUT2D eigenvalue weighted by molar-refractivity contribution is 7.99. The summed E-state index contributed by atoms with van der Waals surface area (Å²) < 4.78 is 1.57. The zero-order chi connectivity index (χ0) is 17.3. The van der Waals surface area contributed by atoms with Crippen LogP contribution in [0.5, 0.6) is 0 Å². The molecule has 24 heavy (non-hydrogen) atoms. The maximum Gasteiger partial charge on any atom is 0.266 e. The molecule has 2 N–H and O–H groups in total. The van der Waals surface area contributed by atoms with Gasteiger partial charge in [0.1, 0.15) is 0 Å². The summed E-state index contributed by atoms with van der Waals surface area (Å²) in [6.07, 6.45) is 0. The fourth-order valence-electron chi connectivity index (χ4n) is 2.54. The number of primary amides is 1. The van der Waals surface area contributed by atoms with Crippen molar-refractivity contribution in [3.05, 3.63) is 63.9 Å². The van der Waals surface area contributed by atoms with Crippen molar-refractivity contribution in [2.75, 3.05) is 5.75 Å². The van der Waals surface area contributed by atoms with Gasteiger partial charge in [-0.05, 0) is 43.2 Å². The minimum Gasteiger partial charge on any atom is -0.369 e. The molecule has 0 saturated heterocycles. The van der Waals surface area contributed by atoms with Gasteiger partial charge in [0.05, 0.1) is 22.3 Å². The quantitative estimate of drug-likeness (QED) is 0.585. The van der Waals surface area contributed by atoms with Gasteiger partial charge >= 0.3 is 0 Å². The Balaban J connectivity index is 2.33. The van der Waals surface area contributed by atoms with E-state index in [9.17, 15) is 9.59 Å². The normalized spacial score (nSPS) is 10.9. The van der Waals surface area contributed by atoms with Crippen molar-refractivity contribution in [2.45, 2.75) is 19.0 Å². The average molecular weight is 339 g/mol. The van der Waals surface area contributed by atoms with Crippen LogP contribution in [0.2, 0.25) is 0 Å². The molecule has 3 rings (SSSR count). The van der Waals surface area contributed by atoms with E-state index in [2.05, 4.69) is 4.98 Å². The van der Waals surface area contributed by atoms with Gasteiger partial charge in [0.15, 0.2) is 5.16 Å². The molecule has 0 radical (unpaired) electrons. The first kappa shape index (κ1) is 16.3. The number of fused-ring (bicyclic) bond motifs is 1. The van der Waals surface area contributed by atoms with Crippen molar-refractivity contribution in [1.82, 2.24) is 9.55 Å². The Labute approximate surface area is 143 Å². The van der Waals surface area contributed by atoms with Gasteiger partial charge in [-0.1, -0.05) is 36.0 Å². The number of carbonyl (C=O) groups is 1. The van der Waals surface area contributed by atoms with Crippen LogP contribution in [0, 0.1) is 13.8 Å².